The molecular formula is C36H44N2O2. The highest BCUT2D eigenvalue weighted by molar-refractivity contribution is 6.07. The van der Waals surface area contributed by atoms with Gasteiger partial charge in [-0.2, -0.15) is 0 Å². The number of aryl methyl sites for hydroxylation is 1. The van der Waals surface area contributed by atoms with E-state index in [0.29, 0.717) is 18.4 Å². The molecule has 2 aliphatic rings. The Morgan fingerprint density at radius 1 is 0.900 bits per heavy atom. The maximum absolute atomic E-state index is 13.2. The summed E-state index contributed by atoms with van der Waals surface area (Å²) in [6.07, 6.45) is 7.92. The van der Waals surface area contributed by atoms with Gasteiger partial charge in [-0.25, -0.2) is 0 Å². The van der Waals surface area contributed by atoms with Crippen molar-refractivity contribution in [2.45, 2.75) is 66.3 Å². The maximum Gasteiger partial charge on any atom is 0.251 e. The number of nitrogens with one attached hydrogen (secondary N) is 2. The van der Waals surface area contributed by atoms with Gasteiger partial charge in [-0.05, 0) is 103 Å². The molecule has 210 valence electrons. The average molecular weight is 537 g/mol. The smallest absolute Gasteiger partial charge is 0.251 e. The molecule has 0 saturated heterocycles. The zero-order chi connectivity index (χ0) is 28.1. The lowest BCUT2D eigenvalue weighted by atomic mass is 9.70. The van der Waals surface area contributed by atoms with Crippen molar-refractivity contribution in [2.24, 2.45) is 17.3 Å². The molecule has 0 aromatic heterocycles. The molecule has 1 aliphatic heterocycles. The summed E-state index contributed by atoms with van der Waals surface area (Å²) in [5.74, 6) is 2.39. The van der Waals surface area contributed by atoms with Crippen LogP contribution in [0.3, 0.4) is 0 Å². The fourth-order valence-electron chi connectivity index (χ4n) is 6.00. The highest BCUT2D eigenvalue weighted by atomic mass is 16.5. The molecule has 1 saturated carbocycles. The number of carbonyl (C=O) groups excluding carboxylic acids is 1. The van der Waals surface area contributed by atoms with Gasteiger partial charge in [-0.1, -0.05) is 68.8 Å². The monoisotopic (exact) mass is 536 g/mol. The molecule has 3 aromatic carbocycles. The van der Waals surface area contributed by atoms with E-state index in [-0.39, 0.29) is 5.91 Å². The number of hydrogen-bond acceptors (Lipinski definition) is 3. The van der Waals surface area contributed by atoms with Crippen LogP contribution in [0.4, 0.5) is 5.69 Å². The lowest BCUT2D eigenvalue weighted by Gasteiger charge is -2.37. The number of carbonyl (C=O) groups is 1. The van der Waals surface area contributed by atoms with Crippen molar-refractivity contribution >= 4 is 17.7 Å². The largest absolute Gasteiger partial charge is 0.493 e. The topological polar surface area (TPSA) is 50.4 Å². The molecule has 2 N–H and O–H groups in total. The van der Waals surface area contributed by atoms with Gasteiger partial charge in [0.25, 0.3) is 5.91 Å². The fraction of sp³-hybridized carbons (Fsp3) is 0.417. The SMILES string of the molecule is Cc1ccc(-c2ccc3c(c2)C=C(C(=O)Nc2ccc(CNCC4CCC(C(C)(C)C)CC4)cc2)CCO3)cc1. The summed E-state index contributed by atoms with van der Waals surface area (Å²) < 4.78 is 5.97. The molecule has 0 radical (unpaired) electrons. The predicted molar refractivity (Wildman–Crippen MR) is 166 cm³/mol. The summed E-state index contributed by atoms with van der Waals surface area (Å²) in [5.41, 5.74) is 7.65. The highest BCUT2D eigenvalue weighted by Gasteiger charge is 2.29. The zero-order valence-electron chi connectivity index (χ0n) is 24.6. The van der Waals surface area contributed by atoms with Gasteiger partial charge in [0, 0.05) is 29.8 Å². The number of anilines is 1. The van der Waals surface area contributed by atoms with E-state index < -0.39 is 0 Å². The van der Waals surface area contributed by atoms with Gasteiger partial charge < -0.3 is 15.4 Å². The molecule has 0 atom stereocenters. The Morgan fingerprint density at radius 2 is 1.60 bits per heavy atom. The number of rotatable bonds is 7. The van der Waals surface area contributed by atoms with Gasteiger partial charge >= 0.3 is 0 Å². The van der Waals surface area contributed by atoms with E-state index in [1.165, 1.54) is 36.8 Å². The van der Waals surface area contributed by atoms with E-state index in [9.17, 15) is 4.79 Å². The van der Waals surface area contributed by atoms with Crippen molar-refractivity contribution in [1.29, 1.82) is 0 Å². The van der Waals surface area contributed by atoms with Gasteiger partial charge in [0.1, 0.15) is 5.75 Å². The van der Waals surface area contributed by atoms with Crippen molar-refractivity contribution < 1.29 is 9.53 Å². The zero-order valence-corrected chi connectivity index (χ0v) is 24.6. The second-order valence-electron chi connectivity index (χ2n) is 12.8. The standard InChI is InChI=1S/C36H44N2O2/c1-25-5-11-28(12-6-25)29-13-18-34-31(21-29)22-30(19-20-40-34)35(39)38-33-16-9-27(10-17-33)24-37-23-26-7-14-32(15-8-26)36(2,3)4/h5-6,9-13,16-18,21-22,26,32,37H,7-8,14-15,19-20,23-24H2,1-4H3,(H,38,39). The van der Waals surface area contributed by atoms with Crippen LogP contribution in [-0.2, 0) is 11.3 Å². The van der Waals surface area contributed by atoms with E-state index in [2.05, 4.69) is 86.9 Å². The Balaban J connectivity index is 1.15. The molecule has 1 fully saturated rings. The average Bonchev–Trinajstić information content (AvgIpc) is 3.16. The summed E-state index contributed by atoms with van der Waals surface area (Å²) in [6, 6.07) is 22.9. The Bertz CT molecular complexity index is 1320. The first-order valence-electron chi connectivity index (χ1n) is 14.9. The van der Waals surface area contributed by atoms with Crippen molar-refractivity contribution in [3.8, 4) is 16.9 Å². The lowest BCUT2D eigenvalue weighted by molar-refractivity contribution is -0.113. The third-order valence-corrected chi connectivity index (χ3v) is 8.69. The predicted octanol–water partition coefficient (Wildman–Crippen LogP) is 8.41. The van der Waals surface area contributed by atoms with Gasteiger partial charge in [-0.15, -0.1) is 0 Å². The van der Waals surface area contributed by atoms with Gasteiger partial charge in [0.05, 0.1) is 6.61 Å². The van der Waals surface area contributed by atoms with Crippen LogP contribution in [0.2, 0.25) is 0 Å². The van der Waals surface area contributed by atoms with E-state index in [4.69, 9.17) is 4.74 Å². The Hall–Kier alpha value is -3.37. The fourth-order valence-corrected chi connectivity index (χ4v) is 6.00. The number of benzene rings is 3. The Labute approximate surface area is 240 Å². The minimum Gasteiger partial charge on any atom is -0.493 e. The molecule has 3 aromatic rings. The molecular weight excluding hydrogens is 492 g/mol. The molecule has 4 heteroatoms. The van der Waals surface area contributed by atoms with Crippen LogP contribution in [0, 0.1) is 24.2 Å². The van der Waals surface area contributed by atoms with Crippen molar-refractivity contribution in [2.75, 3.05) is 18.5 Å². The van der Waals surface area contributed by atoms with E-state index in [1.807, 2.05) is 24.3 Å². The van der Waals surface area contributed by atoms with Gasteiger partial charge in [0.15, 0.2) is 0 Å². The third kappa shape index (κ3) is 7.22. The van der Waals surface area contributed by atoms with E-state index >= 15 is 0 Å². The quantitative estimate of drug-likeness (QED) is 0.319. The first-order chi connectivity index (χ1) is 19.2. The van der Waals surface area contributed by atoms with Crippen molar-refractivity contribution in [1.82, 2.24) is 5.32 Å². The highest BCUT2D eigenvalue weighted by Crippen LogP contribution is 2.39. The minimum atomic E-state index is -0.0751. The van der Waals surface area contributed by atoms with Crippen LogP contribution in [-0.4, -0.2) is 19.1 Å². The Kier molecular flexibility index (Phi) is 8.75. The first-order valence-corrected chi connectivity index (χ1v) is 14.9. The molecule has 40 heavy (non-hydrogen) atoms. The summed E-state index contributed by atoms with van der Waals surface area (Å²) >= 11 is 0. The molecule has 0 unspecified atom stereocenters. The lowest BCUT2D eigenvalue weighted by Crippen LogP contribution is -2.30. The van der Waals surface area contributed by atoms with Crippen LogP contribution >= 0.6 is 0 Å². The van der Waals surface area contributed by atoms with Crippen LogP contribution in [0.25, 0.3) is 17.2 Å². The summed E-state index contributed by atoms with van der Waals surface area (Å²) in [7, 11) is 0. The molecule has 0 bridgehead atoms. The van der Waals surface area contributed by atoms with Crippen molar-refractivity contribution in [3.63, 3.8) is 0 Å². The molecule has 1 amide bonds. The number of amides is 1. The molecule has 1 aliphatic carbocycles. The van der Waals surface area contributed by atoms with Crippen molar-refractivity contribution in [3.05, 3.63) is 89.0 Å². The summed E-state index contributed by atoms with van der Waals surface area (Å²) in [5, 5.41) is 6.75. The molecule has 1 heterocycles. The van der Waals surface area contributed by atoms with Crippen LogP contribution in [0.15, 0.2) is 72.3 Å². The van der Waals surface area contributed by atoms with E-state index in [1.54, 1.807) is 0 Å². The maximum atomic E-state index is 13.2. The first kappa shape index (κ1) is 28.2. The molecule has 5 rings (SSSR count). The van der Waals surface area contributed by atoms with Gasteiger partial charge in [-0.3, -0.25) is 4.79 Å². The second-order valence-corrected chi connectivity index (χ2v) is 12.8. The normalized spacial score (nSPS) is 19.1. The number of fused-ring (bicyclic) bond motifs is 1. The minimum absolute atomic E-state index is 0.0751. The Morgan fingerprint density at radius 3 is 2.30 bits per heavy atom. The van der Waals surface area contributed by atoms with Crippen LogP contribution < -0.4 is 15.4 Å². The summed E-state index contributed by atoms with van der Waals surface area (Å²) in [6.45, 7) is 11.7. The van der Waals surface area contributed by atoms with Crippen LogP contribution in [0.1, 0.15) is 69.6 Å². The molecule has 4 nitrogen and oxygen atoms in total. The van der Waals surface area contributed by atoms with Gasteiger partial charge in [0.2, 0.25) is 0 Å². The number of hydrogen-bond donors (Lipinski definition) is 2. The second kappa shape index (κ2) is 12.4. The third-order valence-electron chi connectivity index (χ3n) is 8.69. The van der Waals surface area contributed by atoms with E-state index in [0.717, 1.165) is 58.6 Å². The number of ether oxygens (including phenoxy) is 1. The molecule has 0 spiro atoms. The summed E-state index contributed by atoms with van der Waals surface area (Å²) in [4.78, 5) is 13.2. The van der Waals surface area contributed by atoms with Crippen LogP contribution in [0.5, 0.6) is 5.75 Å².